The highest BCUT2D eigenvalue weighted by Crippen LogP contribution is 2.18. The van der Waals surface area contributed by atoms with E-state index >= 15 is 0 Å². The number of amides is 1. The summed E-state index contributed by atoms with van der Waals surface area (Å²) in [6.45, 7) is 1.33. The molecule has 7 heteroatoms. The Morgan fingerprint density at radius 2 is 1.65 bits per heavy atom. The molecule has 2 rings (SSSR count). The van der Waals surface area contributed by atoms with E-state index in [0.29, 0.717) is 0 Å². The molecule has 0 unspecified atom stereocenters. The van der Waals surface area contributed by atoms with E-state index in [9.17, 15) is 22.4 Å². The standard InChI is InChI=1S/C16H14F4N2O/c1-9(12-4-2-10(17)6-14(12)20)21-8-16(23)22-15-7-11(18)3-5-13(15)19/h2-7,9,21H,8H2,1H3,(H,22,23)/t9-/m0/s1. The Balaban J connectivity index is 1.94. The fraction of sp³-hybridized carbons (Fsp3) is 0.188. The fourth-order valence-corrected chi connectivity index (χ4v) is 2.00. The van der Waals surface area contributed by atoms with Gasteiger partial charge >= 0.3 is 0 Å². The summed E-state index contributed by atoms with van der Waals surface area (Å²) in [6.07, 6.45) is 0. The van der Waals surface area contributed by atoms with Gasteiger partial charge in [-0.15, -0.1) is 0 Å². The lowest BCUT2D eigenvalue weighted by Crippen LogP contribution is -2.30. The van der Waals surface area contributed by atoms with Crippen molar-refractivity contribution < 1.29 is 22.4 Å². The normalized spacial score (nSPS) is 12.0. The smallest absolute Gasteiger partial charge is 0.238 e. The van der Waals surface area contributed by atoms with Gasteiger partial charge in [0, 0.05) is 23.7 Å². The van der Waals surface area contributed by atoms with Crippen LogP contribution in [0.1, 0.15) is 18.5 Å². The molecule has 1 atom stereocenters. The van der Waals surface area contributed by atoms with Gasteiger partial charge in [-0.25, -0.2) is 17.6 Å². The monoisotopic (exact) mass is 326 g/mol. The van der Waals surface area contributed by atoms with Crippen LogP contribution in [0, 0.1) is 23.3 Å². The summed E-state index contributed by atoms with van der Waals surface area (Å²) in [5.41, 5.74) is -0.0893. The van der Waals surface area contributed by atoms with Crippen molar-refractivity contribution in [3.63, 3.8) is 0 Å². The molecule has 3 nitrogen and oxygen atoms in total. The molecule has 23 heavy (non-hydrogen) atoms. The largest absolute Gasteiger partial charge is 0.322 e. The van der Waals surface area contributed by atoms with Crippen LogP contribution >= 0.6 is 0 Å². The molecule has 122 valence electrons. The van der Waals surface area contributed by atoms with Crippen LogP contribution in [0.15, 0.2) is 36.4 Å². The van der Waals surface area contributed by atoms with Crippen LogP contribution in [0.4, 0.5) is 23.2 Å². The minimum absolute atomic E-state index is 0.191. The topological polar surface area (TPSA) is 41.1 Å². The van der Waals surface area contributed by atoms with Crippen molar-refractivity contribution in [1.82, 2.24) is 5.32 Å². The van der Waals surface area contributed by atoms with E-state index in [-0.39, 0.29) is 17.8 Å². The molecule has 0 aromatic heterocycles. The van der Waals surface area contributed by atoms with Crippen LogP contribution in [0.5, 0.6) is 0 Å². The Hall–Kier alpha value is -2.41. The predicted octanol–water partition coefficient (Wildman–Crippen LogP) is 3.53. The van der Waals surface area contributed by atoms with Crippen molar-refractivity contribution in [2.24, 2.45) is 0 Å². The van der Waals surface area contributed by atoms with E-state index in [1.165, 1.54) is 6.07 Å². The third-order valence-corrected chi connectivity index (χ3v) is 3.20. The number of nitrogens with one attached hydrogen (secondary N) is 2. The second-order valence-corrected chi connectivity index (χ2v) is 4.94. The van der Waals surface area contributed by atoms with E-state index in [1.54, 1.807) is 6.92 Å². The van der Waals surface area contributed by atoms with E-state index in [2.05, 4.69) is 10.6 Å². The molecule has 0 saturated carbocycles. The van der Waals surface area contributed by atoms with Crippen LogP contribution in [-0.2, 0) is 4.79 Å². The summed E-state index contributed by atoms with van der Waals surface area (Å²) in [5, 5.41) is 4.93. The lowest BCUT2D eigenvalue weighted by Gasteiger charge is -2.15. The van der Waals surface area contributed by atoms with Gasteiger partial charge in [0.1, 0.15) is 23.3 Å². The Kier molecular flexibility index (Phi) is 5.33. The summed E-state index contributed by atoms with van der Waals surface area (Å²) in [5.74, 6) is -3.50. The molecule has 0 aliphatic heterocycles. The molecule has 0 fully saturated rings. The Bertz CT molecular complexity index is 721. The Labute approximate surface area is 130 Å². The maximum atomic E-state index is 13.6. The highest BCUT2D eigenvalue weighted by Gasteiger charge is 2.14. The Morgan fingerprint density at radius 1 is 1.00 bits per heavy atom. The van der Waals surface area contributed by atoms with Gasteiger partial charge in [-0.2, -0.15) is 0 Å². The maximum absolute atomic E-state index is 13.6. The molecular weight excluding hydrogens is 312 g/mol. The van der Waals surface area contributed by atoms with Crippen LogP contribution in [0.25, 0.3) is 0 Å². The average molecular weight is 326 g/mol. The van der Waals surface area contributed by atoms with Gasteiger partial charge in [-0.1, -0.05) is 6.07 Å². The van der Waals surface area contributed by atoms with Gasteiger partial charge < -0.3 is 10.6 Å². The first-order valence-corrected chi connectivity index (χ1v) is 6.80. The minimum Gasteiger partial charge on any atom is -0.322 e. The quantitative estimate of drug-likeness (QED) is 0.825. The van der Waals surface area contributed by atoms with Gasteiger partial charge in [-0.3, -0.25) is 4.79 Å². The summed E-state index contributed by atoms with van der Waals surface area (Å²) in [4.78, 5) is 11.7. The lowest BCUT2D eigenvalue weighted by atomic mass is 10.1. The van der Waals surface area contributed by atoms with E-state index in [4.69, 9.17) is 0 Å². The van der Waals surface area contributed by atoms with E-state index < -0.39 is 35.2 Å². The molecule has 1 amide bonds. The molecule has 0 heterocycles. The highest BCUT2D eigenvalue weighted by atomic mass is 19.1. The first-order chi connectivity index (χ1) is 10.9. The first kappa shape index (κ1) is 17.0. The predicted molar refractivity (Wildman–Crippen MR) is 77.8 cm³/mol. The van der Waals surface area contributed by atoms with E-state index in [1.807, 2.05) is 0 Å². The van der Waals surface area contributed by atoms with Crippen LogP contribution in [0.2, 0.25) is 0 Å². The number of hydrogen-bond donors (Lipinski definition) is 2. The minimum atomic E-state index is -0.766. The van der Waals surface area contributed by atoms with Crippen molar-refractivity contribution in [1.29, 1.82) is 0 Å². The van der Waals surface area contributed by atoms with Crippen LogP contribution < -0.4 is 10.6 Å². The number of hydrogen-bond acceptors (Lipinski definition) is 2. The zero-order valence-electron chi connectivity index (χ0n) is 12.2. The Morgan fingerprint density at radius 3 is 2.35 bits per heavy atom. The average Bonchev–Trinajstić information content (AvgIpc) is 2.48. The number of rotatable bonds is 5. The molecule has 0 saturated heterocycles. The van der Waals surface area contributed by atoms with Crippen molar-refractivity contribution >= 4 is 11.6 Å². The third-order valence-electron chi connectivity index (χ3n) is 3.20. The fourth-order valence-electron chi connectivity index (χ4n) is 2.00. The van der Waals surface area contributed by atoms with Crippen molar-refractivity contribution in [2.75, 3.05) is 11.9 Å². The molecule has 0 aliphatic carbocycles. The van der Waals surface area contributed by atoms with Crippen molar-refractivity contribution in [3.05, 3.63) is 65.2 Å². The SMILES string of the molecule is C[C@H](NCC(=O)Nc1cc(F)ccc1F)c1ccc(F)cc1F. The molecule has 2 N–H and O–H groups in total. The second kappa shape index (κ2) is 7.23. The molecule has 2 aromatic carbocycles. The number of carbonyl (C=O) groups excluding carboxylic acids is 1. The summed E-state index contributed by atoms with van der Waals surface area (Å²) >= 11 is 0. The maximum Gasteiger partial charge on any atom is 0.238 e. The van der Waals surface area contributed by atoms with Crippen molar-refractivity contribution in [2.45, 2.75) is 13.0 Å². The van der Waals surface area contributed by atoms with Crippen LogP contribution in [0.3, 0.4) is 0 Å². The summed E-state index contributed by atoms with van der Waals surface area (Å²) < 4.78 is 52.8. The number of halogens is 4. The molecule has 2 aromatic rings. The molecular formula is C16H14F4N2O. The summed E-state index contributed by atoms with van der Waals surface area (Å²) in [6, 6.07) is 5.24. The molecule has 0 aliphatic rings. The first-order valence-electron chi connectivity index (χ1n) is 6.80. The van der Waals surface area contributed by atoms with Gasteiger partial charge in [0.05, 0.1) is 12.2 Å². The number of anilines is 1. The van der Waals surface area contributed by atoms with Gasteiger partial charge in [-0.05, 0) is 25.1 Å². The lowest BCUT2D eigenvalue weighted by molar-refractivity contribution is -0.115. The highest BCUT2D eigenvalue weighted by molar-refractivity contribution is 5.92. The zero-order chi connectivity index (χ0) is 17.0. The van der Waals surface area contributed by atoms with Gasteiger partial charge in [0.25, 0.3) is 0 Å². The molecule has 0 radical (unpaired) electrons. The van der Waals surface area contributed by atoms with Crippen molar-refractivity contribution in [3.8, 4) is 0 Å². The van der Waals surface area contributed by atoms with Gasteiger partial charge in [0.15, 0.2) is 0 Å². The third kappa shape index (κ3) is 4.53. The number of benzene rings is 2. The van der Waals surface area contributed by atoms with Crippen LogP contribution in [-0.4, -0.2) is 12.5 Å². The van der Waals surface area contributed by atoms with E-state index in [0.717, 1.165) is 30.3 Å². The zero-order valence-corrected chi connectivity index (χ0v) is 12.2. The number of carbonyl (C=O) groups is 1. The molecule has 0 spiro atoms. The summed E-state index contributed by atoms with van der Waals surface area (Å²) in [7, 11) is 0. The van der Waals surface area contributed by atoms with Gasteiger partial charge in [0.2, 0.25) is 5.91 Å². The molecule has 0 bridgehead atoms. The second-order valence-electron chi connectivity index (χ2n) is 4.94.